The number of aliphatic imine (C=N–C) groups is 1. The van der Waals surface area contributed by atoms with E-state index in [1.54, 1.807) is 0 Å². The molecule has 0 N–H and O–H groups in total. The van der Waals surface area contributed by atoms with Crippen LogP contribution >= 0.6 is 0 Å². The molecule has 0 bridgehead atoms. The first-order valence-electron chi connectivity index (χ1n) is 6.01. The third kappa shape index (κ3) is 1.33. The van der Waals surface area contributed by atoms with Gasteiger partial charge in [-0.3, -0.25) is 9.79 Å². The van der Waals surface area contributed by atoms with Crippen LogP contribution < -0.4 is 0 Å². The number of carbonyl (C=O) groups excluding carboxylic acids is 1. The summed E-state index contributed by atoms with van der Waals surface area (Å²) in [7, 11) is 0. The molecule has 1 spiro atoms. The van der Waals surface area contributed by atoms with E-state index < -0.39 is 0 Å². The fourth-order valence-electron chi connectivity index (χ4n) is 2.96. The van der Waals surface area contributed by atoms with Crippen molar-refractivity contribution in [1.29, 1.82) is 0 Å². The molecule has 1 aliphatic carbocycles. The molecule has 2 nitrogen and oxygen atoms in total. The van der Waals surface area contributed by atoms with Crippen molar-refractivity contribution in [1.82, 2.24) is 0 Å². The minimum atomic E-state index is -0.0806. The molecule has 16 heavy (non-hydrogen) atoms. The molecule has 0 radical (unpaired) electrons. The van der Waals surface area contributed by atoms with Gasteiger partial charge in [-0.15, -0.1) is 0 Å². The van der Waals surface area contributed by atoms with Crippen molar-refractivity contribution in [2.45, 2.75) is 37.6 Å². The molecule has 0 aromatic heterocycles. The molecule has 1 aliphatic heterocycles. The molecule has 1 heterocycles. The second kappa shape index (κ2) is 3.55. The van der Waals surface area contributed by atoms with Crippen molar-refractivity contribution in [2.75, 3.05) is 0 Å². The van der Waals surface area contributed by atoms with Crippen molar-refractivity contribution in [3.8, 4) is 0 Å². The van der Waals surface area contributed by atoms with E-state index >= 15 is 0 Å². The van der Waals surface area contributed by atoms with Crippen molar-refractivity contribution in [3.63, 3.8) is 0 Å². The highest BCUT2D eigenvalue weighted by Gasteiger charge is 2.37. The SMILES string of the molecule is O=C1C=NC2(CCCCC2)c2ccccc21. The predicted octanol–water partition coefficient (Wildman–Crippen LogP) is 3.11. The maximum Gasteiger partial charge on any atom is 0.203 e. The highest BCUT2D eigenvalue weighted by molar-refractivity contribution is 6.36. The first-order valence-corrected chi connectivity index (χ1v) is 6.01. The molecule has 3 rings (SSSR count). The van der Waals surface area contributed by atoms with Crippen LogP contribution in [0.3, 0.4) is 0 Å². The van der Waals surface area contributed by atoms with E-state index in [0.717, 1.165) is 24.0 Å². The van der Waals surface area contributed by atoms with Gasteiger partial charge < -0.3 is 0 Å². The summed E-state index contributed by atoms with van der Waals surface area (Å²) >= 11 is 0. The Morgan fingerprint density at radius 1 is 1.06 bits per heavy atom. The molecule has 0 unspecified atom stereocenters. The van der Waals surface area contributed by atoms with Gasteiger partial charge in [-0.1, -0.05) is 43.5 Å². The summed E-state index contributed by atoms with van der Waals surface area (Å²) < 4.78 is 0. The van der Waals surface area contributed by atoms with Gasteiger partial charge in [0.1, 0.15) is 0 Å². The van der Waals surface area contributed by atoms with Crippen LogP contribution in [0.1, 0.15) is 48.0 Å². The van der Waals surface area contributed by atoms with E-state index in [0.29, 0.717) is 0 Å². The number of hydrogen-bond donors (Lipinski definition) is 0. The fraction of sp³-hybridized carbons (Fsp3) is 0.429. The monoisotopic (exact) mass is 213 g/mol. The third-order valence-electron chi connectivity index (χ3n) is 3.80. The molecular formula is C14H15NO. The average Bonchev–Trinajstić information content (AvgIpc) is 2.36. The van der Waals surface area contributed by atoms with Crippen LogP contribution in [0.25, 0.3) is 0 Å². The summed E-state index contributed by atoms with van der Waals surface area (Å²) in [5, 5.41) is 0. The standard InChI is InChI=1S/C14H15NO/c16-13-10-15-14(8-4-1-5-9-14)12-7-3-2-6-11(12)13/h2-3,6-7,10H,1,4-5,8-9H2. The van der Waals surface area contributed by atoms with Gasteiger partial charge in [0.15, 0.2) is 0 Å². The minimum Gasteiger partial charge on any atom is -0.288 e. The largest absolute Gasteiger partial charge is 0.288 e. The molecule has 0 atom stereocenters. The van der Waals surface area contributed by atoms with Gasteiger partial charge in [0.2, 0.25) is 5.78 Å². The summed E-state index contributed by atoms with van der Waals surface area (Å²) in [6, 6.07) is 7.96. The average molecular weight is 213 g/mol. The zero-order valence-corrected chi connectivity index (χ0v) is 9.28. The maximum atomic E-state index is 11.8. The quantitative estimate of drug-likeness (QED) is 0.651. The van der Waals surface area contributed by atoms with Gasteiger partial charge in [-0.05, 0) is 18.4 Å². The van der Waals surface area contributed by atoms with Crippen molar-refractivity contribution in [3.05, 3.63) is 35.4 Å². The second-order valence-corrected chi connectivity index (χ2v) is 4.76. The number of Topliss-reactive ketones (excluding diaryl/α,β-unsaturated/α-hetero) is 1. The number of benzene rings is 1. The van der Waals surface area contributed by atoms with Crippen LogP contribution in [-0.2, 0) is 5.54 Å². The Bertz CT molecular complexity index is 456. The highest BCUT2D eigenvalue weighted by atomic mass is 16.1. The Morgan fingerprint density at radius 2 is 1.81 bits per heavy atom. The van der Waals surface area contributed by atoms with Gasteiger partial charge in [-0.2, -0.15) is 0 Å². The molecule has 1 aromatic carbocycles. The van der Waals surface area contributed by atoms with Crippen molar-refractivity contribution < 1.29 is 4.79 Å². The smallest absolute Gasteiger partial charge is 0.203 e. The maximum absolute atomic E-state index is 11.8. The van der Waals surface area contributed by atoms with Crippen LogP contribution in [0.4, 0.5) is 0 Å². The van der Waals surface area contributed by atoms with E-state index in [4.69, 9.17) is 0 Å². The zero-order chi connectivity index (χ0) is 11.0. The molecule has 1 aromatic rings. The Hall–Kier alpha value is -1.44. The summed E-state index contributed by atoms with van der Waals surface area (Å²) in [6.07, 6.45) is 7.46. The number of fused-ring (bicyclic) bond motifs is 2. The lowest BCUT2D eigenvalue weighted by molar-refractivity contribution is 0.106. The molecule has 0 amide bonds. The fourth-order valence-corrected chi connectivity index (χ4v) is 2.96. The summed E-state index contributed by atoms with van der Waals surface area (Å²) in [5.41, 5.74) is 1.93. The zero-order valence-electron chi connectivity index (χ0n) is 9.28. The van der Waals surface area contributed by atoms with Gasteiger partial charge >= 0.3 is 0 Å². The van der Waals surface area contributed by atoms with Gasteiger partial charge in [-0.25, -0.2) is 0 Å². The predicted molar refractivity (Wildman–Crippen MR) is 64.0 cm³/mol. The van der Waals surface area contributed by atoms with E-state index in [-0.39, 0.29) is 11.3 Å². The Kier molecular flexibility index (Phi) is 2.16. The lowest BCUT2D eigenvalue weighted by atomic mass is 9.74. The topological polar surface area (TPSA) is 29.4 Å². The van der Waals surface area contributed by atoms with Crippen LogP contribution in [-0.4, -0.2) is 12.0 Å². The highest BCUT2D eigenvalue weighted by Crippen LogP contribution is 2.43. The first kappa shape index (κ1) is 9.76. The van der Waals surface area contributed by atoms with Crippen molar-refractivity contribution in [2.24, 2.45) is 4.99 Å². The molecule has 82 valence electrons. The Labute approximate surface area is 95.4 Å². The summed E-state index contributed by atoms with van der Waals surface area (Å²) in [5.74, 6) is 0.0619. The van der Waals surface area contributed by atoms with Gasteiger partial charge in [0.25, 0.3) is 0 Å². The van der Waals surface area contributed by atoms with E-state index in [1.807, 2.05) is 18.2 Å². The molecule has 2 aliphatic rings. The first-order chi connectivity index (χ1) is 7.82. The van der Waals surface area contributed by atoms with Crippen LogP contribution in [0, 0.1) is 0 Å². The molecule has 1 fully saturated rings. The van der Waals surface area contributed by atoms with E-state index in [9.17, 15) is 4.79 Å². The van der Waals surface area contributed by atoms with Crippen LogP contribution in [0.2, 0.25) is 0 Å². The second-order valence-electron chi connectivity index (χ2n) is 4.76. The normalized spacial score (nSPS) is 22.1. The van der Waals surface area contributed by atoms with Gasteiger partial charge in [0, 0.05) is 5.56 Å². The number of ketones is 1. The minimum absolute atomic E-state index is 0.0619. The van der Waals surface area contributed by atoms with E-state index in [1.165, 1.54) is 25.5 Å². The number of carbonyl (C=O) groups is 1. The molecular weight excluding hydrogens is 198 g/mol. The Morgan fingerprint density at radius 3 is 2.62 bits per heavy atom. The molecule has 2 heteroatoms. The lowest BCUT2D eigenvalue weighted by Gasteiger charge is -2.37. The summed E-state index contributed by atoms with van der Waals surface area (Å²) in [4.78, 5) is 16.3. The molecule has 1 saturated carbocycles. The molecule has 0 saturated heterocycles. The number of hydrogen-bond acceptors (Lipinski definition) is 2. The van der Waals surface area contributed by atoms with Crippen molar-refractivity contribution >= 4 is 12.0 Å². The number of nitrogens with zero attached hydrogens (tertiary/aromatic N) is 1. The van der Waals surface area contributed by atoms with Gasteiger partial charge in [0.05, 0.1) is 11.8 Å². The lowest BCUT2D eigenvalue weighted by Crippen LogP contribution is -2.32. The van der Waals surface area contributed by atoms with Crippen LogP contribution in [0.15, 0.2) is 29.3 Å². The van der Waals surface area contributed by atoms with E-state index in [2.05, 4.69) is 11.1 Å². The van der Waals surface area contributed by atoms with Crippen LogP contribution in [0.5, 0.6) is 0 Å². The summed E-state index contributed by atoms with van der Waals surface area (Å²) in [6.45, 7) is 0. The Balaban J connectivity index is 2.14. The third-order valence-corrected chi connectivity index (χ3v) is 3.80. The number of rotatable bonds is 0.